The minimum Gasteiger partial charge on any atom is -0.361 e. The first-order valence-electron chi connectivity index (χ1n) is 11.2. The molecule has 8 heteroatoms. The largest absolute Gasteiger partial charge is 0.361 e. The zero-order valence-corrected chi connectivity index (χ0v) is 20.5. The SMILES string of the molecule is CCNC(=NCCc1c[nH]c2ccc(F)cc12)NC1CCN(C(=O)C2CCCC2)C1.I. The maximum Gasteiger partial charge on any atom is 0.225 e. The lowest BCUT2D eigenvalue weighted by atomic mass is 10.1. The molecule has 31 heavy (non-hydrogen) atoms. The standard InChI is InChI=1S/C23H32FN5O.HI/c1-2-25-23(26-11-9-17-14-27-21-8-7-18(24)13-20(17)21)28-19-10-12-29(15-19)22(30)16-5-3-4-6-16;/h7-8,13-14,16,19,27H,2-6,9-12,15H2,1H3,(H2,25,26,28);1H. The summed E-state index contributed by atoms with van der Waals surface area (Å²) < 4.78 is 13.6. The second kappa shape index (κ2) is 11.2. The highest BCUT2D eigenvalue weighted by Gasteiger charge is 2.32. The third-order valence-corrected chi connectivity index (χ3v) is 6.27. The molecule has 6 nitrogen and oxygen atoms in total. The van der Waals surface area contributed by atoms with Gasteiger partial charge in [0.2, 0.25) is 5.91 Å². The lowest BCUT2D eigenvalue weighted by Gasteiger charge is -2.21. The molecule has 4 rings (SSSR count). The van der Waals surface area contributed by atoms with E-state index in [0.717, 1.165) is 67.7 Å². The molecule has 1 aromatic heterocycles. The number of amides is 1. The number of guanidine groups is 1. The van der Waals surface area contributed by atoms with Crippen molar-refractivity contribution in [2.75, 3.05) is 26.2 Å². The zero-order valence-electron chi connectivity index (χ0n) is 18.1. The van der Waals surface area contributed by atoms with E-state index in [-0.39, 0.29) is 41.8 Å². The van der Waals surface area contributed by atoms with Crippen LogP contribution in [0.1, 0.15) is 44.6 Å². The Morgan fingerprint density at radius 1 is 1.29 bits per heavy atom. The van der Waals surface area contributed by atoms with Gasteiger partial charge >= 0.3 is 0 Å². The number of hydrogen-bond acceptors (Lipinski definition) is 2. The lowest BCUT2D eigenvalue weighted by molar-refractivity contribution is -0.134. The number of halogens is 2. The second-order valence-corrected chi connectivity index (χ2v) is 8.41. The summed E-state index contributed by atoms with van der Waals surface area (Å²) in [6, 6.07) is 5.04. The van der Waals surface area contributed by atoms with Crippen molar-refractivity contribution in [1.29, 1.82) is 0 Å². The summed E-state index contributed by atoms with van der Waals surface area (Å²) in [6.07, 6.45) is 8.09. The van der Waals surface area contributed by atoms with Crippen LogP contribution in [0.2, 0.25) is 0 Å². The number of aromatic amines is 1. The first-order chi connectivity index (χ1) is 14.6. The van der Waals surface area contributed by atoms with E-state index in [4.69, 9.17) is 4.99 Å². The molecule has 1 atom stereocenters. The Morgan fingerprint density at radius 2 is 2.10 bits per heavy atom. The number of aliphatic imine (C=N–C) groups is 1. The molecule has 3 N–H and O–H groups in total. The van der Waals surface area contributed by atoms with Gasteiger partial charge in [-0.05, 0) is 56.4 Å². The van der Waals surface area contributed by atoms with Crippen molar-refractivity contribution in [3.05, 3.63) is 35.8 Å². The molecule has 0 spiro atoms. The highest BCUT2D eigenvalue weighted by Crippen LogP contribution is 2.28. The summed E-state index contributed by atoms with van der Waals surface area (Å²) in [4.78, 5) is 22.6. The van der Waals surface area contributed by atoms with Crippen molar-refractivity contribution in [2.45, 2.75) is 51.5 Å². The van der Waals surface area contributed by atoms with Gasteiger partial charge in [0.25, 0.3) is 0 Å². The summed E-state index contributed by atoms with van der Waals surface area (Å²) in [5.74, 6) is 1.14. The average molecular weight is 541 g/mol. The molecular weight excluding hydrogens is 508 g/mol. The zero-order chi connectivity index (χ0) is 20.9. The van der Waals surface area contributed by atoms with Crippen LogP contribution < -0.4 is 10.6 Å². The average Bonchev–Trinajstić information content (AvgIpc) is 3.49. The predicted molar refractivity (Wildman–Crippen MR) is 133 cm³/mol. The fraction of sp³-hybridized carbons (Fsp3) is 0.565. The van der Waals surface area contributed by atoms with Gasteiger partial charge < -0.3 is 20.5 Å². The van der Waals surface area contributed by atoms with E-state index in [2.05, 4.69) is 15.6 Å². The van der Waals surface area contributed by atoms with E-state index in [0.29, 0.717) is 12.5 Å². The molecular formula is C23H33FIN5O. The summed E-state index contributed by atoms with van der Waals surface area (Å²) in [5.41, 5.74) is 2.01. The Bertz CT molecular complexity index is 909. The molecule has 1 aromatic carbocycles. The fourth-order valence-corrected chi connectivity index (χ4v) is 4.67. The summed E-state index contributed by atoms with van der Waals surface area (Å²) in [6.45, 7) is 5.01. The number of nitrogens with zero attached hydrogens (tertiary/aromatic N) is 2. The Kier molecular flexibility index (Phi) is 8.57. The van der Waals surface area contributed by atoms with Gasteiger partial charge in [0.05, 0.1) is 0 Å². The van der Waals surface area contributed by atoms with Crippen molar-refractivity contribution in [3.8, 4) is 0 Å². The van der Waals surface area contributed by atoms with Crippen LogP contribution in [0.4, 0.5) is 4.39 Å². The monoisotopic (exact) mass is 541 g/mol. The number of fused-ring (bicyclic) bond motifs is 1. The maximum absolute atomic E-state index is 13.6. The van der Waals surface area contributed by atoms with Crippen LogP contribution >= 0.6 is 24.0 Å². The molecule has 2 heterocycles. The molecule has 1 unspecified atom stereocenters. The Morgan fingerprint density at radius 3 is 2.87 bits per heavy atom. The molecule has 2 fully saturated rings. The normalized spacial score (nSPS) is 19.6. The Hall–Kier alpha value is -1.84. The molecule has 2 aromatic rings. The molecule has 1 aliphatic carbocycles. The van der Waals surface area contributed by atoms with Crippen LogP contribution in [0, 0.1) is 11.7 Å². The number of rotatable bonds is 6. The summed E-state index contributed by atoms with van der Waals surface area (Å²) in [5, 5.41) is 7.72. The Balaban J connectivity index is 0.00000272. The van der Waals surface area contributed by atoms with E-state index >= 15 is 0 Å². The van der Waals surface area contributed by atoms with Crippen molar-refractivity contribution >= 4 is 46.7 Å². The van der Waals surface area contributed by atoms with Crippen LogP contribution in [-0.2, 0) is 11.2 Å². The van der Waals surface area contributed by atoms with Crippen molar-refractivity contribution in [2.24, 2.45) is 10.9 Å². The molecule has 1 amide bonds. The van der Waals surface area contributed by atoms with Crippen molar-refractivity contribution < 1.29 is 9.18 Å². The second-order valence-electron chi connectivity index (χ2n) is 8.41. The smallest absolute Gasteiger partial charge is 0.225 e. The van der Waals surface area contributed by atoms with E-state index in [9.17, 15) is 9.18 Å². The van der Waals surface area contributed by atoms with Gasteiger partial charge in [0.15, 0.2) is 5.96 Å². The fourth-order valence-electron chi connectivity index (χ4n) is 4.67. The third-order valence-electron chi connectivity index (χ3n) is 6.27. The number of nitrogens with one attached hydrogen (secondary N) is 3. The number of likely N-dealkylation sites (tertiary alicyclic amines) is 1. The van der Waals surface area contributed by atoms with Crippen LogP contribution in [0.25, 0.3) is 10.9 Å². The topological polar surface area (TPSA) is 72.5 Å². The van der Waals surface area contributed by atoms with Gasteiger partial charge in [-0.15, -0.1) is 24.0 Å². The number of carbonyl (C=O) groups excluding carboxylic acids is 1. The van der Waals surface area contributed by atoms with E-state index in [1.165, 1.54) is 18.9 Å². The molecule has 1 aliphatic heterocycles. The van der Waals surface area contributed by atoms with Gasteiger partial charge in [-0.1, -0.05) is 12.8 Å². The Labute approximate surface area is 200 Å². The van der Waals surface area contributed by atoms with Crippen LogP contribution in [0.5, 0.6) is 0 Å². The van der Waals surface area contributed by atoms with Crippen molar-refractivity contribution in [1.82, 2.24) is 20.5 Å². The lowest BCUT2D eigenvalue weighted by Crippen LogP contribution is -2.45. The van der Waals surface area contributed by atoms with Gasteiger partial charge in [0, 0.05) is 55.2 Å². The van der Waals surface area contributed by atoms with Gasteiger partial charge in [0.1, 0.15) is 5.82 Å². The maximum atomic E-state index is 13.6. The number of carbonyl (C=O) groups is 1. The summed E-state index contributed by atoms with van der Waals surface area (Å²) >= 11 is 0. The molecule has 170 valence electrons. The third kappa shape index (κ3) is 5.90. The highest BCUT2D eigenvalue weighted by atomic mass is 127. The number of benzene rings is 1. The molecule has 1 saturated carbocycles. The number of hydrogen-bond donors (Lipinski definition) is 3. The first kappa shape index (κ1) is 23.8. The van der Waals surface area contributed by atoms with Crippen LogP contribution in [-0.4, -0.2) is 54.0 Å². The highest BCUT2D eigenvalue weighted by molar-refractivity contribution is 14.0. The number of H-pyrrole nitrogens is 1. The minimum absolute atomic E-state index is 0. The van der Waals surface area contributed by atoms with Crippen LogP contribution in [0.3, 0.4) is 0 Å². The quantitative estimate of drug-likeness (QED) is 0.296. The van der Waals surface area contributed by atoms with E-state index < -0.39 is 0 Å². The molecule has 0 radical (unpaired) electrons. The molecule has 0 bridgehead atoms. The van der Waals surface area contributed by atoms with Gasteiger partial charge in [-0.3, -0.25) is 9.79 Å². The molecule has 2 aliphatic rings. The van der Waals surface area contributed by atoms with E-state index in [1.54, 1.807) is 12.1 Å². The predicted octanol–water partition coefficient (Wildman–Crippen LogP) is 3.81. The first-order valence-corrected chi connectivity index (χ1v) is 11.2. The van der Waals surface area contributed by atoms with E-state index in [1.807, 2.05) is 18.0 Å². The van der Waals surface area contributed by atoms with Crippen molar-refractivity contribution in [3.63, 3.8) is 0 Å². The van der Waals surface area contributed by atoms with Gasteiger partial charge in [-0.2, -0.15) is 0 Å². The van der Waals surface area contributed by atoms with Gasteiger partial charge in [-0.25, -0.2) is 4.39 Å². The minimum atomic E-state index is -0.222. The molecule has 1 saturated heterocycles. The number of aromatic nitrogens is 1. The van der Waals surface area contributed by atoms with Crippen LogP contribution in [0.15, 0.2) is 29.4 Å². The summed E-state index contributed by atoms with van der Waals surface area (Å²) in [7, 11) is 0.